The molecule has 5 nitrogen and oxygen atoms in total. The summed E-state index contributed by atoms with van der Waals surface area (Å²) in [5, 5.41) is 2.01. The first-order chi connectivity index (χ1) is 18.0. The minimum Gasteiger partial charge on any atom is -0.376 e. The lowest BCUT2D eigenvalue weighted by molar-refractivity contribution is -0.162. The fourth-order valence-corrected chi connectivity index (χ4v) is 8.58. The van der Waals surface area contributed by atoms with Gasteiger partial charge < -0.3 is 14.5 Å². The summed E-state index contributed by atoms with van der Waals surface area (Å²) in [4.78, 5) is 33.0. The zero-order valence-corrected chi connectivity index (χ0v) is 22.3. The van der Waals surface area contributed by atoms with Crippen LogP contribution in [-0.2, 0) is 27.4 Å². The summed E-state index contributed by atoms with van der Waals surface area (Å²) < 4.78 is 19.5. The van der Waals surface area contributed by atoms with Crippen molar-refractivity contribution >= 4 is 23.2 Å². The van der Waals surface area contributed by atoms with Crippen LogP contribution >= 0.6 is 11.3 Å². The fraction of sp³-hybridized carbons (Fsp3) is 0.600. The third-order valence-electron chi connectivity index (χ3n) is 9.12. The molecule has 2 amide bonds. The molecule has 0 N–H and O–H groups in total. The quantitative estimate of drug-likeness (QED) is 0.427. The third-order valence-corrected chi connectivity index (χ3v) is 9.98. The molecule has 0 radical (unpaired) electrons. The number of carbonyl (C=O) groups is 2. The van der Waals surface area contributed by atoms with Gasteiger partial charge in [0.05, 0.1) is 24.6 Å². The average molecular weight is 525 g/mol. The highest BCUT2D eigenvalue weighted by Gasteiger charge is 2.55. The van der Waals surface area contributed by atoms with E-state index in [0.717, 1.165) is 49.2 Å². The van der Waals surface area contributed by atoms with Crippen LogP contribution in [-0.4, -0.2) is 47.4 Å². The molecule has 1 aliphatic heterocycles. The summed E-state index contributed by atoms with van der Waals surface area (Å²) in [5.74, 6) is 1.85. The first-order valence-electron chi connectivity index (χ1n) is 13.9. The van der Waals surface area contributed by atoms with Crippen LogP contribution < -0.4 is 0 Å². The van der Waals surface area contributed by atoms with Crippen LogP contribution in [0, 0.1) is 29.0 Å². The Morgan fingerprint density at radius 2 is 1.68 bits per heavy atom. The van der Waals surface area contributed by atoms with Crippen LogP contribution in [0.4, 0.5) is 4.39 Å². The zero-order chi connectivity index (χ0) is 25.4. The molecule has 198 valence electrons. The number of nitrogens with zero attached hydrogens (tertiary/aromatic N) is 2. The number of carbonyl (C=O) groups excluding carboxylic acids is 2. The summed E-state index contributed by atoms with van der Waals surface area (Å²) in [6.07, 6.45) is 8.76. The number of ether oxygens (including phenoxy) is 1. The Labute approximate surface area is 223 Å². The molecule has 2 aromatic rings. The molecule has 7 rings (SSSR count). The van der Waals surface area contributed by atoms with E-state index >= 15 is 0 Å². The fourth-order valence-electron chi connectivity index (χ4n) is 7.86. The summed E-state index contributed by atoms with van der Waals surface area (Å²) in [6, 6.07) is 10.3. The van der Waals surface area contributed by atoms with Gasteiger partial charge in [0.1, 0.15) is 5.82 Å². The molecule has 37 heavy (non-hydrogen) atoms. The maximum absolute atomic E-state index is 14.3. The Balaban J connectivity index is 1.23. The van der Waals surface area contributed by atoms with Crippen molar-refractivity contribution < 1.29 is 18.7 Å². The van der Waals surface area contributed by atoms with Crippen molar-refractivity contribution in [3.05, 3.63) is 58.0 Å². The monoisotopic (exact) mass is 524 g/mol. The number of halogens is 1. The Hall–Kier alpha value is -2.25. The van der Waals surface area contributed by atoms with E-state index in [1.54, 1.807) is 23.5 Å². The number of amides is 2. The Morgan fingerprint density at radius 3 is 2.27 bits per heavy atom. The van der Waals surface area contributed by atoms with Crippen LogP contribution in [0.5, 0.6) is 0 Å². The second-order valence-corrected chi connectivity index (χ2v) is 13.0. The maximum atomic E-state index is 14.3. The van der Waals surface area contributed by atoms with E-state index in [0.29, 0.717) is 37.4 Å². The molecule has 1 aromatic heterocycles. The van der Waals surface area contributed by atoms with Gasteiger partial charge in [-0.15, -0.1) is 11.3 Å². The van der Waals surface area contributed by atoms with Gasteiger partial charge in [0.2, 0.25) is 11.8 Å². The predicted octanol–water partition coefficient (Wildman–Crippen LogP) is 5.64. The second-order valence-electron chi connectivity index (χ2n) is 12.0. The number of benzene rings is 1. The molecule has 1 aromatic carbocycles. The van der Waals surface area contributed by atoms with E-state index in [1.165, 1.54) is 31.4 Å². The zero-order valence-electron chi connectivity index (χ0n) is 21.4. The summed E-state index contributed by atoms with van der Waals surface area (Å²) in [6.45, 7) is 2.17. The summed E-state index contributed by atoms with van der Waals surface area (Å²) in [7, 11) is 0. The van der Waals surface area contributed by atoms with Crippen LogP contribution in [0.2, 0.25) is 0 Å². The number of hydrogen-bond donors (Lipinski definition) is 0. The molecule has 1 unspecified atom stereocenters. The molecule has 4 aliphatic carbocycles. The van der Waals surface area contributed by atoms with Crippen molar-refractivity contribution in [2.75, 3.05) is 19.7 Å². The maximum Gasteiger partial charge on any atom is 0.242 e. The van der Waals surface area contributed by atoms with Crippen molar-refractivity contribution in [3.8, 4) is 0 Å². The molecule has 1 saturated heterocycles. The van der Waals surface area contributed by atoms with E-state index in [9.17, 15) is 14.0 Å². The molecule has 5 fully saturated rings. The first-order valence-corrected chi connectivity index (χ1v) is 14.8. The third kappa shape index (κ3) is 5.49. The van der Waals surface area contributed by atoms with Gasteiger partial charge in [0, 0.05) is 24.6 Å². The molecule has 0 spiro atoms. The average Bonchev–Trinajstić information content (AvgIpc) is 3.58. The number of hydrogen-bond acceptors (Lipinski definition) is 4. The Bertz CT molecular complexity index is 1060. The first kappa shape index (κ1) is 25.1. The normalized spacial score (nSPS) is 30.0. The van der Waals surface area contributed by atoms with E-state index in [2.05, 4.69) is 0 Å². The van der Waals surface area contributed by atoms with E-state index in [4.69, 9.17) is 4.74 Å². The van der Waals surface area contributed by atoms with E-state index < -0.39 is 0 Å². The van der Waals surface area contributed by atoms with Gasteiger partial charge in [-0.3, -0.25) is 9.59 Å². The van der Waals surface area contributed by atoms with E-state index in [1.807, 2.05) is 27.3 Å². The van der Waals surface area contributed by atoms with Crippen LogP contribution in [0.15, 0.2) is 41.8 Å². The SMILES string of the molecule is O=C(CN(CC1CCCO1)C(=O)C12CC3CC(CC(C3)C1)C2)N(Cc1ccc(F)cc1)Cc1cccs1. The lowest BCUT2D eigenvalue weighted by Gasteiger charge is -2.56. The van der Waals surface area contributed by atoms with Crippen LogP contribution in [0.3, 0.4) is 0 Å². The second kappa shape index (κ2) is 10.5. The highest BCUT2D eigenvalue weighted by Crippen LogP contribution is 2.60. The van der Waals surface area contributed by atoms with Crippen molar-refractivity contribution in [3.63, 3.8) is 0 Å². The Kier molecular flexibility index (Phi) is 7.10. The molecule has 7 heteroatoms. The molecular formula is C30H37FN2O3S. The largest absolute Gasteiger partial charge is 0.376 e. The van der Waals surface area contributed by atoms with Gasteiger partial charge in [-0.1, -0.05) is 18.2 Å². The molecule has 2 heterocycles. The standard InChI is InChI=1S/C30H37FN2O3S/c31-25-7-5-21(6-8-25)17-32(19-27-4-2-10-37-27)28(34)20-33(18-26-3-1-9-36-26)29(35)30-14-22-11-23(15-30)13-24(12-22)16-30/h2,4-8,10,22-24,26H,1,3,9,11-20H2. The topological polar surface area (TPSA) is 49.9 Å². The predicted molar refractivity (Wildman–Crippen MR) is 141 cm³/mol. The highest BCUT2D eigenvalue weighted by atomic mass is 32.1. The Morgan fingerprint density at radius 1 is 0.973 bits per heavy atom. The van der Waals surface area contributed by atoms with Gasteiger partial charge >= 0.3 is 0 Å². The lowest BCUT2D eigenvalue weighted by atomic mass is 9.49. The van der Waals surface area contributed by atoms with Crippen LogP contribution in [0.25, 0.3) is 0 Å². The van der Waals surface area contributed by atoms with Gasteiger partial charge in [-0.25, -0.2) is 4.39 Å². The van der Waals surface area contributed by atoms with E-state index in [-0.39, 0.29) is 35.7 Å². The van der Waals surface area contributed by atoms with Crippen molar-refractivity contribution in [1.29, 1.82) is 0 Å². The van der Waals surface area contributed by atoms with Crippen LogP contribution in [0.1, 0.15) is 61.8 Å². The van der Waals surface area contributed by atoms with Gasteiger partial charge in [-0.05, 0) is 98.3 Å². The number of rotatable bonds is 9. The highest BCUT2D eigenvalue weighted by molar-refractivity contribution is 7.09. The molecule has 1 atom stereocenters. The summed E-state index contributed by atoms with van der Waals surface area (Å²) >= 11 is 1.62. The smallest absolute Gasteiger partial charge is 0.242 e. The summed E-state index contributed by atoms with van der Waals surface area (Å²) in [5.41, 5.74) is 0.591. The van der Waals surface area contributed by atoms with Gasteiger partial charge in [0.25, 0.3) is 0 Å². The minimum absolute atomic E-state index is 0.00788. The lowest BCUT2D eigenvalue weighted by Crippen LogP contribution is -2.57. The van der Waals surface area contributed by atoms with Crippen molar-refractivity contribution in [2.45, 2.75) is 70.6 Å². The van der Waals surface area contributed by atoms with Crippen molar-refractivity contribution in [2.24, 2.45) is 23.2 Å². The molecule has 4 bridgehead atoms. The molecule has 5 aliphatic rings. The van der Waals surface area contributed by atoms with Crippen molar-refractivity contribution in [1.82, 2.24) is 9.80 Å². The number of thiophene rings is 1. The molecule has 4 saturated carbocycles. The molecular weight excluding hydrogens is 487 g/mol. The van der Waals surface area contributed by atoms with Gasteiger partial charge in [-0.2, -0.15) is 0 Å². The minimum atomic E-state index is -0.289. The van der Waals surface area contributed by atoms with Gasteiger partial charge in [0.15, 0.2) is 0 Å².